The number of aliphatic imine (C=N–C) groups is 2. The second-order valence-electron chi connectivity index (χ2n) is 8.47. The lowest BCUT2D eigenvalue weighted by molar-refractivity contribution is -0.385. The maximum absolute atomic E-state index is 13.7. The van der Waals surface area contributed by atoms with Crippen LogP contribution in [0.5, 0.6) is 0 Å². The molecule has 4 aromatic rings. The molecule has 0 aliphatic rings. The quantitative estimate of drug-likeness (QED) is 0.0744. The van der Waals surface area contributed by atoms with Crippen molar-refractivity contribution in [2.24, 2.45) is 9.98 Å². The molecule has 0 aliphatic carbocycles. The highest BCUT2D eigenvalue weighted by Gasteiger charge is 2.15. The van der Waals surface area contributed by atoms with Gasteiger partial charge in [-0.1, -0.05) is 0 Å². The molecule has 12 heteroatoms. The molecule has 4 aromatic carbocycles. The maximum Gasteiger partial charge on any atom is 0.269 e. The van der Waals surface area contributed by atoms with Gasteiger partial charge in [-0.2, -0.15) is 0 Å². The third-order valence-electron chi connectivity index (χ3n) is 5.61. The molecule has 0 aromatic heterocycles. The average Bonchev–Trinajstić information content (AvgIpc) is 2.92. The van der Waals surface area contributed by atoms with E-state index in [9.17, 15) is 29.0 Å². The second-order valence-corrected chi connectivity index (χ2v) is 10.6. The Morgan fingerprint density at radius 3 is 1.27 bits per heavy atom. The molecular weight excluding hydrogens is 558 g/mol. The number of nitro benzene ring substituents is 2. The minimum atomic E-state index is -0.488. The zero-order valence-corrected chi connectivity index (χ0v) is 22.7. The van der Waals surface area contributed by atoms with Crippen molar-refractivity contribution in [2.45, 2.75) is 13.8 Å². The van der Waals surface area contributed by atoms with Gasteiger partial charge in [0.1, 0.15) is 21.7 Å². The van der Waals surface area contributed by atoms with Gasteiger partial charge < -0.3 is 0 Å². The smallest absolute Gasteiger partial charge is 0.258 e. The Morgan fingerprint density at radius 1 is 0.625 bits per heavy atom. The van der Waals surface area contributed by atoms with Crippen LogP contribution in [0.1, 0.15) is 22.3 Å². The molecular formula is C28H20F2N4O4S2. The first-order chi connectivity index (χ1) is 19.1. The van der Waals surface area contributed by atoms with Crippen LogP contribution in [0.3, 0.4) is 0 Å². The summed E-state index contributed by atoms with van der Waals surface area (Å²) < 4.78 is 27.4. The Bertz CT molecular complexity index is 1520. The summed E-state index contributed by atoms with van der Waals surface area (Å²) in [5.74, 6) is -0.844. The van der Waals surface area contributed by atoms with Crippen LogP contribution in [0.25, 0.3) is 0 Å². The average molecular weight is 579 g/mol. The van der Waals surface area contributed by atoms with Crippen LogP contribution in [-0.2, 0) is 0 Å². The first-order valence-electron chi connectivity index (χ1n) is 11.6. The van der Waals surface area contributed by atoms with Crippen LogP contribution in [0.15, 0.2) is 94.9 Å². The number of nitro groups is 2. The number of hydrogen-bond acceptors (Lipinski definition) is 8. The highest BCUT2D eigenvalue weighted by molar-refractivity contribution is 8.87. The van der Waals surface area contributed by atoms with Crippen LogP contribution in [0.4, 0.5) is 31.5 Å². The fraction of sp³-hybridized carbons (Fsp3) is 0.0714. The van der Waals surface area contributed by atoms with Crippen molar-refractivity contribution >= 4 is 54.4 Å². The van der Waals surface area contributed by atoms with E-state index in [0.717, 1.165) is 0 Å². The number of aryl methyl sites for hydroxylation is 2. The Kier molecular flexibility index (Phi) is 9.02. The lowest BCUT2D eigenvalue weighted by Crippen LogP contribution is -1.99. The van der Waals surface area contributed by atoms with E-state index in [1.54, 1.807) is 38.1 Å². The Labute approximate surface area is 235 Å². The summed E-state index contributed by atoms with van der Waals surface area (Å²) in [5, 5.41) is 23.3. The van der Waals surface area contributed by atoms with Gasteiger partial charge in [0.25, 0.3) is 11.4 Å². The highest BCUT2D eigenvalue weighted by Crippen LogP contribution is 2.36. The summed E-state index contributed by atoms with van der Waals surface area (Å²) in [5.41, 5.74) is 3.20. The van der Waals surface area contributed by atoms with E-state index in [4.69, 9.17) is 9.98 Å². The lowest BCUT2D eigenvalue weighted by atomic mass is 10.2. The van der Waals surface area contributed by atoms with Crippen molar-refractivity contribution in [3.8, 4) is 0 Å². The standard InChI is InChI=1S/C28H20F2N4O4S2/c1-17-15-23(33(35)36)11-13-25(17)31-27(19-3-7-21(29)8-4-19)39-40-28(20-5-9-22(30)10-6-20)32-26-14-12-24(34(37)38)16-18(26)2/h3-16H,1-2H3. The Hall–Kier alpha value is -4.42. The number of benzene rings is 4. The van der Waals surface area contributed by atoms with Gasteiger partial charge in [-0.25, -0.2) is 18.8 Å². The predicted octanol–water partition coefficient (Wildman–Crippen LogP) is 8.64. The SMILES string of the molecule is Cc1cc([N+](=O)[O-])ccc1N=C(SSC(=Nc1ccc([N+](=O)[O-])cc1C)c1ccc(F)cc1)c1ccc(F)cc1. The van der Waals surface area contributed by atoms with Gasteiger partial charge in [-0.3, -0.25) is 20.2 Å². The van der Waals surface area contributed by atoms with Gasteiger partial charge in [-0.15, -0.1) is 0 Å². The van der Waals surface area contributed by atoms with Gasteiger partial charge >= 0.3 is 0 Å². The van der Waals surface area contributed by atoms with E-state index in [1.165, 1.54) is 82.3 Å². The zero-order valence-electron chi connectivity index (χ0n) is 21.1. The van der Waals surface area contributed by atoms with E-state index in [-0.39, 0.29) is 11.4 Å². The number of non-ortho nitro benzene ring substituents is 2. The van der Waals surface area contributed by atoms with Crippen molar-refractivity contribution < 1.29 is 18.6 Å². The van der Waals surface area contributed by atoms with E-state index in [2.05, 4.69) is 0 Å². The summed E-state index contributed by atoms with van der Waals surface area (Å²) in [7, 11) is 2.42. The molecule has 40 heavy (non-hydrogen) atoms. The molecule has 0 atom stereocenters. The number of nitrogens with zero attached hydrogens (tertiary/aromatic N) is 4. The second kappa shape index (κ2) is 12.6. The van der Waals surface area contributed by atoms with Crippen LogP contribution >= 0.6 is 21.6 Å². The van der Waals surface area contributed by atoms with Crippen LogP contribution in [0.2, 0.25) is 0 Å². The van der Waals surface area contributed by atoms with Crippen LogP contribution in [0, 0.1) is 45.7 Å². The van der Waals surface area contributed by atoms with Gasteiger partial charge in [0, 0.05) is 35.4 Å². The number of rotatable bonds is 6. The lowest BCUT2D eigenvalue weighted by Gasteiger charge is -2.11. The van der Waals surface area contributed by atoms with Crippen molar-refractivity contribution in [3.63, 3.8) is 0 Å². The van der Waals surface area contributed by atoms with Crippen molar-refractivity contribution in [2.75, 3.05) is 0 Å². The van der Waals surface area contributed by atoms with Crippen LogP contribution in [-0.4, -0.2) is 19.9 Å². The molecule has 0 saturated carbocycles. The van der Waals surface area contributed by atoms with Gasteiger partial charge in [0.05, 0.1) is 21.2 Å². The molecule has 0 amide bonds. The first kappa shape index (κ1) is 28.6. The molecule has 0 aliphatic heterocycles. The zero-order chi connectivity index (χ0) is 28.8. The molecule has 202 valence electrons. The summed E-state index contributed by atoms with van der Waals surface area (Å²) >= 11 is 0. The van der Waals surface area contributed by atoms with Gasteiger partial charge in [-0.05, 0) is 107 Å². The minimum absolute atomic E-state index is 0.0639. The molecule has 0 heterocycles. The molecule has 0 spiro atoms. The van der Waals surface area contributed by atoms with E-state index in [1.807, 2.05) is 0 Å². The summed E-state index contributed by atoms with van der Waals surface area (Å²) in [4.78, 5) is 30.8. The number of hydrogen-bond donors (Lipinski definition) is 0. The summed E-state index contributed by atoms with van der Waals surface area (Å²) in [6.07, 6.45) is 0. The van der Waals surface area contributed by atoms with Crippen molar-refractivity contribution in [1.82, 2.24) is 0 Å². The van der Waals surface area contributed by atoms with E-state index >= 15 is 0 Å². The minimum Gasteiger partial charge on any atom is -0.258 e. The fourth-order valence-corrected chi connectivity index (χ4v) is 5.67. The largest absolute Gasteiger partial charge is 0.269 e. The van der Waals surface area contributed by atoms with Gasteiger partial charge in [0.15, 0.2) is 0 Å². The third-order valence-corrected chi connectivity index (χ3v) is 7.86. The van der Waals surface area contributed by atoms with E-state index < -0.39 is 21.5 Å². The molecule has 0 bridgehead atoms. The Balaban J connectivity index is 1.75. The summed E-state index contributed by atoms with van der Waals surface area (Å²) in [6.45, 7) is 3.41. The molecule has 0 fully saturated rings. The fourth-order valence-electron chi connectivity index (χ4n) is 3.50. The third kappa shape index (κ3) is 7.16. The monoisotopic (exact) mass is 578 g/mol. The van der Waals surface area contributed by atoms with Crippen molar-refractivity contribution in [1.29, 1.82) is 0 Å². The number of halogens is 2. The predicted molar refractivity (Wildman–Crippen MR) is 156 cm³/mol. The summed E-state index contributed by atoms with van der Waals surface area (Å²) in [6, 6.07) is 20.1. The normalized spacial score (nSPS) is 11.9. The molecule has 0 unspecified atom stereocenters. The van der Waals surface area contributed by atoms with E-state index in [0.29, 0.717) is 43.7 Å². The molecule has 0 radical (unpaired) electrons. The first-order valence-corrected chi connectivity index (χ1v) is 13.8. The molecule has 4 rings (SSSR count). The van der Waals surface area contributed by atoms with Crippen molar-refractivity contribution in [3.05, 3.63) is 139 Å². The topological polar surface area (TPSA) is 111 Å². The molecule has 0 saturated heterocycles. The molecule has 0 N–H and O–H groups in total. The maximum atomic E-state index is 13.7. The molecule has 8 nitrogen and oxygen atoms in total. The van der Waals surface area contributed by atoms with Crippen LogP contribution < -0.4 is 0 Å². The highest BCUT2D eigenvalue weighted by atomic mass is 33.1. The Morgan fingerprint density at radius 2 is 0.975 bits per heavy atom. The van der Waals surface area contributed by atoms with Gasteiger partial charge in [0.2, 0.25) is 0 Å².